The molecule has 11 heteroatoms. The van der Waals surface area contributed by atoms with Crippen molar-refractivity contribution in [3.63, 3.8) is 0 Å². The van der Waals surface area contributed by atoms with Crippen molar-refractivity contribution in [3.8, 4) is 17.4 Å². The van der Waals surface area contributed by atoms with Gasteiger partial charge in [-0.1, -0.05) is 6.07 Å². The summed E-state index contributed by atoms with van der Waals surface area (Å²) in [5, 5.41) is 0. The Morgan fingerprint density at radius 1 is 1.17 bits per heavy atom. The number of fused-ring (bicyclic) bond motifs is 6. The second kappa shape index (κ2) is 9.21. The van der Waals surface area contributed by atoms with Crippen LogP contribution in [-0.4, -0.2) is 64.9 Å². The van der Waals surface area contributed by atoms with Gasteiger partial charge in [0.15, 0.2) is 0 Å². The molecule has 0 radical (unpaired) electrons. The van der Waals surface area contributed by atoms with Crippen molar-refractivity contribution in [1.82, 2.24) is 24.4 Å². The maximum Gasteiger partial charge on any atom is 0.328 e. The summed E-state index contributed by atoms with van der Waals surface area (Å²) in [5.41, 5.74) is 1.35. The van der Waals surface area contributed by atoms with E-state index in [0.717, 1.165) is 50.6 Å². The molecule has 2 aliphatic rings. The third-order valence-corrected chi connectivity index (χ3v) is 8.27. The van der Waals surface area contributed by atoms with Crippen LogP contribution >= 0.6 is 11.3 Å². The van der Waals surface area contributed by atoms with Gasteiger partial charge in [0.05, 0.1) is 32.5 Å². The zero-order valence-electron chi connectivity index (χ0n) is 20.2. The van der Waals surface area contributed by atoms with E-state index in [1.54, 1.807) is 7.11 Å². The molecule has 0 saturated carbocycles. The molecule has 10 nitrogen and oxygen atoms in total. The number of aromatic nitrogens is 4. The predicted molar refractivity (Wildman–Crippen MR) is 137 cm³/mol. The molecule has 2 atom stereocenters. The van der Waals surface area contributed by atoms with Gasteiger partial charge in [-0.25, -0.2) is 14.8 Å². The van der Waals surface area contributed by atoms with E-state index in [1.807, 2.05) is 18.2 Å². The molecular weight excluding hydrogens is 482 g/mol. The molecule has 6 rings (SSSR count). The summed E-state index contributed by atoms with van der Waals surface area (Å²) in [6, 6.07) is 5.98. The van der Waals surface area contributed by atoms with E-state index in [-0.39, 0.29) is 5.56 Å². The highest BCUT2D eigenvalue weighted by Gasteiger charge is 2.40. The van der Waals surface area contributed by atoms with Crippen LogP contribution in [0.25, 0.3) is 20.6 Å². The standard InChI is InChI=1S/C25H27N5O5S/c1-33-16-6-5-7-17-19(16)15-12-29(11-14(15)13-35-17)8-3-4-9-30-24(31)22-20(28-25(30)32)21-23(36-22)26-10-18(27-21)34-2/h5-7,10,14-15H,3-4,8-9,11-13H2,1-2H3,(H,28,32)/t14-,15-/m1/s1. The van der Waals surface area contributed by atoms with Crippen molar-refractivity contribution in [1.29, 1.82) is 0 Å². The Hall–Kier alpha value is -3.44. The Bertz CT molecular complexity index is 1550. The molecular formula is C25H27N5O5S. The average molecular weight is 510 g/mol. The molecule has 0 spiro atoms. The van der Waals surface area contributed by atoms with E-state index >= 15 is 0 Å². The molecule has 0 bridgehead atoms. The number of unbranched alkanes of at least 4 members (excludes halogenated alkanes) is 1. The van der Waals surface area contributed by atoms with E-state index < -0.39 is 5.69 Å². The average Bonchev–Trinajstić information content (AvgIpc) is 3.48. The Morgan fingerprint density at radius 3 is 2.86 bits per heavy atom. The van der Waals surface area contributed by atoms with Crippen molar-refractivity contribution in [2.45, 2.75) is 25.3 Å². The largest absolute Gasteiger partial charge is 0.496 e. The van der Waals surface area contributed by atoms with Gasteiger partial charge in [0.2, 0.25) is 5.88 Å². The summed E-state index contributed by atoms with van der Waals surface area (Å²) < 4.78 is 18.5. The van der Waals surface area contributed by atoms with Gasteiger partial charge in [-0.05, 0) is 31.5 Å². The van der Waals surface area contributed by atoms with E-state index in [4.69, 9.17) is 14.2 Å². The fourth-order valence-corrected chi connectivity index (χ4v) is 6.44. The number of ether oxygens (including phenoxy) is 3. The van der Waals surface area contributed by atoms with E-state index in [1.165, 1.54) is 34.8 Å². The summed E-state index contributed by atoms with van der Waals surface area (Å²) in [6.45, 7) is 3.92. The smallest absolute Gasteiger partial charge is 0.328 e. The Balaban J connectivity index is 1.13. The summed E-state index contributed by atoms with van der Waals surface area (Å²) in [6.07, 6.45) is 3.12. The van der Waals surface area contributed by atoms with Crippen LogP contribution in [0.3, 0.4) is 0 Å². The first-order chi connectivity index (χ1) is 17.6. The minimum absolute atomic E-state index is 0.300. The molecule has 1 N–H and O–H groups in total. The summed E-state index contributed by atoms with van der Waals surface area (Å²) in [7, 11) is 3.20. The summed E-state index contributed by atoms with van der Waals surface area (Å²) >= 11 is 1.24. The Kier molecular flexibility index (Phi) is 5.88. The van der Waals surface area contributed by atoms with Gasteiger partial charge in [0.25, 0.3) is 5.56 Å². The second-order valence-electron chi connectivity index (χ2n) is 9.28. The lowest BCUT2D eigenvalue weighted by Crippen LogP contribution is -2.34. The van der Waals surface area contributed by atoms with Crippen LogP contribution in [-0.2, 0) is 6.54 Å². The summed E-state index contributed by atoms with van der Waals surface area (Å²) in [4.78, 5) is 40.4. The lowest BCUT2D eigenvalue weighted by atomic mass is 9.86. The quantitative estimate of drug-likeness (QED) is 0.379. The number of H-pyrrole nitrogens is 1. The SMILES string of the molecule is COc1cnc2sc3c(=O)n(CCCCN4C[C@@H]5COc6cccc(OC)c6[C@@H]5C4)c(=O)[nH]c3c2n1. The number of benzene rings is 1. The van der Waals surface area contributed by atoms with Crippen molar-refractivity contribution in [2.75, 3.05) is 40.5 Å². The van der Waals surface area contributed by atoms with Crippen LogP contribution in [0.2, 0.25) is 0 Å². The molecule has 5 heterocycles. The molecule has 36 heavy (non-hydrogen) atoms. The number of aromatic amines is 1. The minimum Gasteiger partial charge on any atom is -0.496 e. The first kappa shape index (κ1) is 23.0. The highest BCUT2D eigenvalue weighted by Crippen LogP contribution is 2.46. The number of rotatable bonds is 7. The molecule has 188 valence electrons. The van der Waals surface area contributed by atoms with Crippen LogP contribution in [0.15, 0.2) is 34.0 Å². The first-order valence-corrected chi connectivity index (χ1v) is 12.9. The second-order valence-corrected chi connectivity index (χ2v) is 10.3. The number of hydrogen-bond donors (Lipinski definition) is 1. The zero-order chi connectivity index (χ0) is 24.8. The van der Waals surface area contributed by atoms with Crippen LogP contribution in [0.4, 0.5) is 0 Å². The zero-order valence-corrected chi connectivity index (χ0v) is 21.0. The highest BCUT2D eigenvalue weighted by molar-refractivity contribution is 7.25. The number of nitrogens with one attached hydrogen (secondary N) is 1. The normalized spacial score (nSPS) is 19.3. The third-order valence-electron chi connectivity index (χ3n) is 7.20. The van der Waals surface area contributed by atoms with Crippen LogP contribution in [0.1, 0.15) is 24.3 Å². The lowest BCUT2D eigenvalue weighted by molar-refractivity contribution is 0.209. The number of thiophene rings is 1. The minimum atomic E-state index is -0.426. The van der Waals surface area contributed by atoms with E-state index in [9.17, 15) is 9.59 Å². The van der Waals surface area contributed by atoms with E-state index in [0.29, 0.717) is 44.8 Å². The molecule has 1 fully saturated rings. The fraction of sp³-hybridized carbons (Fsp3) is 0.440. The molecule has 1 saturated heterocycles. The van der Waals surface area contributed by atoms with Gasteiger partial charge in [-0.15, -0.1) is 11.3 Å². The fourth-order valence-electron chi connectivity index (χ4n) is 5.45. The molecule has 4 aromatic rings. The summed E-state index contributed by atoms with van der Waals surface area (Å²) in [5.74, 6) is 2.99. The molecule has 0 aliphatic carbocycles. The van der Waals surface area contributed by atoms with Crippen LogP contribution < -0.4 is 25.5 Å². The molecule has 2 aliphatic heterocycles. The number of nitrogens with zero attached hydrogens (tertiary/aromatic N) is 4. The van der Waals surface area contributed by atoms with Gasteiger partial charge in [0.1, 0.15) is 26.5 Å². The van der Waals surface area contributed by atoms with Gasteiger partial charge < -0.3 is 24.1 Å². The monoisotopic (exact) mass is 509 g/mol. The Labute approximate surface area is 210 Å². The number of likely N-dealkylation sites (tertiary alicyclic amines) is 1. The van der Waals surface area contributed by atoms with Gasteiger partial charge in [-0.3, -0.25) is 9.36 Å². The van der Waals surface area contributed by atoms with Crippen molar-refractivity contribution in [2.24, 2.45) is 5.92 Å². The molecule has 0 unspecified atom stereocenters. The van der Waals surface area contributed by atoms with Crippen molar-refractivity contribution < 1.29 is 14.2 Å². The van der Waals surface area contributed by atoms with Crippen LogP contribution in [0, 0.1) is 5.92 Å². The van der Waals surface area contributed by atoms with Gasteiger partial charge >= 0.3 is 5.69 Å². The molecule has 1 aromatic carbocycles. The van der Waals surface area contributed by atoms with Crippen LogP contribution in [0.5, 0.6) is 17.4 Å². The maximum atomic E-state index is 13.1. The first-order valence-electron chi connectivity index (χ1n) is 12.1. The van der Waals surface area contributed by atoms with Gasteiger partial charge in [-0.2, -0.15) is 0 Å². The van der Waals surface area contributed by atoms with Crippen molar-refractivity contribution >= 4 is 31.9 Å². The number of hydrogen-bond acceptors (Lipinski definition) is 9. The lowest BCUT2D eigenvalue weighted by Gasteiger charge is -2.29. The Morgan fingerprint density at radius 2 is 2.03 bits per heavy atom. The maximum absolute atomic E-state index is 13.1. The third kappa shape index (κ3) is 3.82. The topological polar surface area (TPSA) is 112 Å². The molecule has 3 aromatic heterocycles. The highest BCUT2D eigenvalue weighted by atomic mass is 32.1. The predicted octanol–water partition coefficient (Wildman–Crippen LogP) is 2.60. The molecule has 0 amide bonds. The van der Waals surface area contributed by atoms with Gasteiger partial charge in [0, 0.05) is 37.0 Å². The van der Waals surface area contributed by atoms with E-state index in [2.05, 4.69) is 19.9 Å². The number of methoxy groups -OCH3 is 2. The van der Waals surface area contributed by atoms with Crippen molar-refractivity contribution in [3.05, 3.63) is 50.8 Å².